The lowest BCUT2D eigenvalue weighted by Gasteiger charge is -2.14. The quantitative estimate of drug-likeness (QED) is 0.681. The highest BCUT2D eigenvalue weighted by molar-refractivity contribution is 6.01. The van der Waals surface area contributed by atoms with Crippen molar-refractivity contribution in [2.24, 2.45) is 5.92 Å². The number of pyridine rings is 2. The van der Waals surface area contributed by atoms with E-state index in [2.05, 4.69) is 29.1 Å². The Labute approximate surface area is 156 Å². The van der Waals surface area contributed by atoms with E-state index in [0.29, 0.717) is 30.2 Å². The molecule has 1 aromatic carbocycles. The number of nitrogens with zero attached hydrogens (tertiary/aromatic N) is 1. The van der Waals surface area contributed by atoms with E-state index in [1.807, 2.05) is 24.4 Å². The smallest absolute Gasteiger partial charge is 0.255 e. The first-order chi connectivity index (χ1) is 13.0. The number of aromatic nitrogens is 2. The van der Waals surface area contributed by atoms with Gasteiger partial charge in [0.15, 0.2) is 0 Å². The van der Waals surface area contributed by atoms with Crippen LogP contribution >= 0.6 is 0 Å². The van der Waals surface area contributed by atoms with E-state index < -0.39 is 0 Å². The van der Waals surface area contributed by atoms with Crippen molar-refractivity contribution in [1.82, 2.24) is 15.3 Å². The Hall–Kier alpha value is -2.89. The summed E-state index contributed by atoms with van der Waals surface area (Å²) < 4.78 is 5.94. The molecule has 2 N–H and O–H groups in total. The molecule has 1 aliphatic rings. The molecule has 0 spiro atoms. The fraction of sp³-hybridized carbons (Fsp3) is 0.381. The van der Waals surface area contributed by atoms with Crippen LogP contribution in [-0.4, -0.2) is 28.5 Å². The first kappa shape index (κ1) is 17.5. The largest absolute Gasteiger partial charge is 0.475 e. The number of hydrogen-bond donors (Lipinski definition) is 2. The van der Waals surface area contributed by atoms with Crippen LogP contribution in [0.3, 0.4) is 0 Å². The van der Waals surface area contributed by atoms with Crippen LogP contribution < -0.4 is 15.6 Å². The van der Waals surface area contributed by atoms with Gasteiger partial charge in [-0.15, -0.1) is 0 Å². The first-order valence-corrected chi connectivity index (χ1v) is 9.36. The van der Waals surface area contributed by atoms with Crippen LogP contribution in [0, 0.1) is 5.92 Å². The average Bonchev–Trinajstić information content (AvgIpc) is 3.06. The van der Waals surface area contributed by atoms with Gasteiger partial charge in [0.05, 0.1) is 6.04 Å². The van der Waals surface area contributed by atoms with Gasteiger partial charge in [0.25, 0.3) is 5.56 Å². The number of aromatic amines is 1. The van der Waals surface area contributed by atoms with Gasteiger partial charge in [-0.3, -0.25) is 9.59 Å². The molecular formula is C21H23N3O3. The van der Waals surface area contributed by atoms with Crippen LogP contribution in [0.5, 0.6) is 5.88 Å². The molecule has 1 aliphatic heterocycles. The molecule has 6 heteroatoms. The number of amides is 1. The summed E-state index contributed by atoms with van der Waals surface area (Å²) in [6.07, 6.45) is 5.69. The van der Waals surface area contributed by atoms with Gasteiger partial charge in [-0.2, -0.15) is 0 Å². The minimum absolute atomic E-state index is 0.0226. The van der Waals surface area contributed by atoms with Crippen molar-refractivity contribution in [2.45, 2.75) is 39.2 Å². The molecule has 27 heavy (non-hydrogen) atoms. The van der Waals surface area contributed by atoms with E-state index in [4.69, 9.17) is 4.74 Å². The molecule has 3 aromatic rings. The van der Waals surface area contributed by atoms with Crippen LogP contribution in [0.2, 0.25) is 0 Å². The van der Waals surface area contributed by atoms with Gasteiger partial charge in [0, 0.05) is 29.6 Å². The van der Waals surface area contributed by atoms with Gasteiger partial charge in [-0.05, 0) is 53.3 Å². The Balaban J connectivity index is 1.76. The average molecular weight is 365 g/mol. The summed E-state index contributed by atoms with van der Waals surface area (Å²) in [5.74, 6) is 1.08. The third-order valence-electron chi connectivity index (χ3n) is 4.97. The normalized spacial score (nSPS) is 17.0. The molecule has 1 saturated heterocycles. The zero-order valence-electron chi connectivity index (χ0n) is 15.5. The number of carbonyl (C=O) groups excluding carboxylic acids is 1. The monoisotopic (exact) mass is 365 g/mol. The molecule has 1 unspecified atom stereocenters. The van der Waals surface area contributed by atoms with E-state index in [-0.39, 0.29) is 17.5 Å². The van der Waals surface area contributed by atoms with Gasteiger partial charge >= 0.3 is 0 Å². The highest BCUT2D eigenvalue weighted by Gasteiger charge is 2.21. The minimum Gasteiger partial charge on any atom is -0.475 e. The maximum Gasteiger partial charge on any atom is 0.255 e. The lowest BCUT2D eigenvalue weighted by atomic mass is 9.97. The highest BCUT2D eigenvalue weighted by atomic mass is 16.5. The predicted molar refractivity (Wildman–Crippen MR) is 105 cm³/mol. The van der Waals surface area contributed by atoms with Crippen molar-refractivity contribution < 1.29 is 9.53 Å². The van der Waals surface area contributed by atoms with Crippen molar-refractivity contribution in [1.29, 1.82) is 0 Å². The number of H-pyrrole nitrogens is 1. The molecule has 6 nitrogen and oxygen atoms in total. The van der Waals surface area contributed by atoms with Gasteiger partial charge in [0.2, 0.25) is 11.8 Å². The molecule has 1 atom stereocenters. The minimum atomic E-state index is -0.0904. The van der Waals surface area contributed by atoms with Crippen molar-refractivity contribution in [2.75, 3.05) is 6.61 Å². The van der Waals surface area contributed by atoms with E-state index in [1.165, 1.54) is 0 Å². The van der Waals surface area contributed by atoms with Gasteiger partial charge in [-0.25, -0.2) is 4.98 Å². The van der Waals surface area contributed by atoms with Crippen LogP contribution in [-0.2, 0) is 11.2 Å². The van der Waals surface area contributed by atoms with Crippen LogP contribution in [0.1, 0.15) is 32.3 Å². The SMILES string of the molecule is CC(C)Cc1c[nH]c(=O)c2cc3ccnc(OCC4CCC(=O)N4)c3cc12. The molecule has 4 rings (SSSR count). The summed E-state index contributed by atoms with van der Waals surface area (Å²) in [5.41, 5.74) is 1.02. The maximum atomic E-state index is 12.3. The maximum absolute atomic E-state index is 12.3. The second kappa shape index (κ2) is 7.02. The number of fused-ring (bicyclic) bond motifs is 2. The van der Waals surface area contributed by atoms with Crippen LogP contribution in [0.25, 0.3) is 21.5 Å². The number of ether oxygens (including phenoxy) is 1. The van der Waals surface area contributed by atoms with Crippen LogP contribution in [0.15, 0.2) is 35.4 Å². The van der Waals surface area contributed by atoms with Crippen molar-refractivity contribution in [3.8, 4) is 5.88 Å². The molecular weight excluding hydrogens is 342 g/mol. The van der Waals surface area contributed by atoms with Crippen molar-refractivity contribution in [3.63, 3.8) is 0 Å². The topological polar surface area (TPSA) is 84.1 Å². The van der Waals surface area contributed by atoms with Crippen molar-refractivity contribution >= 4 is 27.5 Å². The van der Waals surface area contributed by atoms with E-state index in [0.717, 1.165) is 34.6 Å². The molecule has 1 amide bonds. The Morgan fingerprint density at radius 1 is 1.22 bits per heavy atom. The lowest BCUT2D eigenvalue weighted by molar-refractivity contribution is -0.119. The Bertz CT molecular complexity index is 1070. The molecule has 3 heterocycles. The molecule has 1 fully saturated rings. The molecule has 0 radical (unpaired) electrons. The number of rotatable bonds is 5. The zero-order chi connectivity index (χ0) is 19.0. The summed E-state index contributed by atoms with van der Waals surface area (Å²) in [4.78, 5) is 30.9. The van der Waals surface area contributed by atoms with E-state index in [9.17, 15) is 9.59 Å². The summed E-state index contributed by atoms with van der Waals surface area (Å²) >= 11 is 0. The molecule has 140 valence electrons. The van der Waals surface area contributed by atoms with E-state index in [1.54, 1.807) is 6.20 Å². The number of benzene rings is 1. The highest BCUT2D eigenvalue weighted by Crippen LogP contribution is 2.29. The molecule has 2 aromatic heterocycles. The summed E-state index contributed by atoms with van der Waals surface area (Å²) in [7, 11) is 0. The summed E-state index contributed by atoms with van der Waals surface area (Å²) in [5, 5.41) is 6.31. The predicted octanol–water partition coefficient (Wildman–Crippen LogP) is 2.93. The number of nitrogens with one attached hydrogen (secondary N) is 2. The fourth-order valence-corrected chi connectivity index (χ4v) is 3.66. The zero-order valence-corrected chi connectivity index (χ0v) is 15.5. The standard InChI is InChI=1S/C21H23N3O3/c1-12(2)7-14-10-23-20(26)18-8-13-5-6-22-21(17(13)9-16(14)18)27-11-15-3-4-19(25)24-15/h5-6,8-10,12,15H,3-4,7,11H2,1-2H3,(H,23,26)(H,24,25). The number of carbonyl (C=O) groups is 1. The number of hydrogen-bond acceptors (Lipinski definition) is 4. The molecule has 0 saturated carbocycles. The Morgan fingerprint density at radius 2 is 2.07 bits per heavy atom. The van der Waals surface area contributed by atoms with Crippen molar-refractivity contribution in [3.05, 3.63) is 46.5 Å². The second-order valence-corrected chi connectivity index (χ2v) is 7.59. The third kappa shape index (κ3) is 3.52. The van der Waals surface area contributed by atoms with Gasteiger partial charge in [0.1, 0.15) is 6.61 Å². The Kier molecular flexibility index (Phi) is 4.56. The summed E-state index contributed by atoms with van der Waals surface area (Å²) in [6.45, 7) is 4.71. The van der Waals surface area contributed by atoms with Gasteiger partial charge in [-0.1, -0.05) is 13.8 Å². The second-order valence-electron chi connectivity index (χ2n) is 7.59. The Morgan fingerprint density at radius 3 is 2.81 bits per heavy atom. The van der Waals surface area contributed by atoms with Crippen LogP contribution in [0.4, 0.5) is 0 Å². The third-order valence-corrected chi connectivity index (χ3v) is 4.97. The van der Waals surface area contributed by atoms with Gasteiger partial charge < -0.3 is 15.0 Å². The fourth-order valence-electron chi connectivity index (χ4n) is 3.66. The lowest BCUT2D eigenvalue weighted by Crippen LogP contribution is -2.31. The van der Waals surface area contributed by atoms with E-state index >= 15 is 0 Å². The first-order valence-electron chi connectivity index (χ1n) is 9.36. The molecule has 0 bridgehead atoms. The molecule has 0 aliphatic carbocycles. The summed E-state index contributed by atoms with van der Waals surface area (Å²) in [6, 6.07) is 5.81.